The number of nitrogens with zero attached hydrogens (tertiary/aromatic N) is 1. The van der Waals surface area contributed by atoms with E-state index >= 15 is 0 Å². The van der Waals surface area contributed by atoms with Crippen LogP contribution in [0, 0.1) is 6.92 Å². The molecule has 1 aliphatic heterocycles. The smallest absolute Gasteiger partial charge is 0.229 e. The molecule has 1 aromatic carbocycles. The fraction of sp³-hybridized carbons (Fsp3) is 0.438. The topological polar surface area (TPSA) is 66.5 Å². The van der Waals surface area contributed by atoms with Gasteiger partial charge in [-0.05, 0) is 18.9 Å². The summed E-state index contributed by atoms with van der Waals surface area (Å²) >= 11 is 0. The number of carbonyl (C=O) groups excluding carboxylic acids is 3. The normalized spacial score (nSPS) is 15.2. The summed E-state index contributed by atoms with van der Waals surface area (Å²) in [5.74, 6) is -0.379. The van der Waals surface area contributed by atoms with Gasteiger partial charge >= 0.3 is 0 Å². The summed E-state index contributed by atoms with van der Waals surface area (Å²) in [6, 6.07) is 7.78. The minimum absolute atomic E-state index is 0.0995. The predicted octanol–water partition coefficient (Wildman–Crippen LogP) is 1.19. The number of hydrogen-bond donors (Lipinski definition) is 1. The minimum Gasteiger partial charge on any atom is -0.354 e. The summed E-state index contributed by atoms with van der Waals surface area (Å²) < 4.78 is 0. The molecule has 0 bridgehead atoms. The fourth-order valence-corrected chi connectivity index (χ4v) is 2.43. The summed E-state index contributed by atoms with van der Waals surface area (Å²) in [7, 11) is 0. The zero-order valence-corrected chi connectivity index (χ0v) is 12.2. The second-order valence-corrected chi connectivity index (χ2v) is 5.31. The predicted molar refractivity (Wildman–Crippen MR) is 78.5 cm³/mol. The van der Waals surface area contributed by atoms with Gasteiger partial charge in [-0.25, -0.2) is 0 Å². The van der Waals surface area contributed by atoms with Gasteiger partial charge in [0.1, 0.15) is 0 Å². The molecular weight excluding hydrogens is 268 g/mol. The summed E-state index contributed by atoms with van der Waals surface area (Å²) in [6.45, 7) is 2.55. The molecule has 1 fully saturated rings. The minimum atomic E-state index is -0.140. The molecule has 3 amide bonds. The number of likely N-dealkylation sites (tertiary alicyclic amines) is 1. The first-order valence-corrected chi connectivity index (χ1v) is 7.21. The number of piperidine rings is 1. The van der Waals surface area contributed by atoms with Crippen molar-refractivity contribution >= 4 is 17.7 Å². The average Bonchev–Trinajstić information content (AvgIpc) is 2.42. The number of nitrogens with one attached hydrogen (secondary N) is 1. The van der Waals surface area contributed by atoms with Gasteiger partial charge in [-0.1, -0.05) is 29.8 Å². The third-order valence-electron chi connectivity index (χ3n) is 3.49. The van der Waals surface area contributed by atoms with Crippen molar-refractivity contribution in [1.29, 1.82) is 0 Å². The molecule has 1 heterocycles. The molecule has 21 heavy (non-hydrogen) atoms. The maximum Gasteiger partial charge on any atom is 0.229 e. The molecule has 0 unspecified atom stereocenters. The summed E-state index contributed by atoms with van der Waals surface area (Å²) in [5.41, 5.74) is 2.07. The van der Waals surface area contributed by atoms with Gasteiger partial charge in [-0.3, -0.25) is 19.3 Å². The number of hydrogen-bond acceptors (Lipinski definition) is 3. The van der Waals surface area contributed by atoms with Gasteiger partial charge in [-0.15, -0.1) is 0 Å². The van der Waals surface area contributed by atoms with Gasteiger partial charge in [-0.2, -0.15) is 0 Å². The molecule has 0 radical (unpaired) electrons. The van der Waals surface area contributed by atoms with E-state index in [1.54, 1.807) is 0 Å². The van der Waals surface area contributed by atoms with Crippen molar-refractivity contribution in [3.05, 3.63) is 35.4 Å². The van der Waals surface area contributed by atoms with E-state index in [1.807, 2.05) is 31.2 Å². The van der Waals surface area contributed by atoms with Crippen LogP contribution in [0.1, 0.15) is 30.4 Å². The summed E-state index contributed by atoms with van der Waals surface area (Å²) in [4.78, 5) is 36.3. The highest BCUT2D eigenvalue weighted by molar-refractivity contribution is 5.97. The molecule has 0 spiro atoms. The molecule has 1 saturated heterocycles. The van der Waals surface area contributed by atoms with Crippen molar-refractivity contribution in [2.75, 3.05) is 13.1 Å². The Kier molecular flexibility index (Phi) is 5.09. The molecule has 0 aromatic heterocycles. The van der Waals surface area contributed by atoms with E-state index in [0.717, 1.165) is 11.1 Å². The zero-order chi connectivity index (χ0) is 15.2. The average molecular weight is 288 g/mol. The van der Waals surface area contributed by atoms with Gasteiger partial charge in [0.25, 0.3) is 0 Å². The maximum atomic E-state index is 11.8. The van der Waals surface area contributed by atoms with Crippen LogP contribution in [0.15, 0.2) is 24.3 Å². The van der Waals surface area contributed by atoms with Crippen molar-refractivity contribution in [2.24, 2.45) is 0 Å². The van der Waals surface area contributed by atoms with E-state index in [4.69, 9.17) is 0 Å². The second kappa shape index (κ2) is 7.02. The Labute approximate surface area is 124 Å². The Hall–Kier alpha value is -2.17. The van der Waals surface area contributed by atoms with Crippen LogP contribution in [0.2, 0.25) is 0 Å². The first-order valence-electron chi connectivity index (χ1n) is 7.21. The van der Waals surface area contributed by atoms with E-state index in [1.165, 1.54) is 4.90 Å². The van der Waals surface area contributed by atoms with Crippen LogP contribution in [0.4, 0.5) is 0 Å². The van der Waals surface area contributed by atoms with Gasteiger partial charge < -0.3 is 5.32 Å². The first-order chi connectivity index (χ1) is 10.1. The standard InChI is InChI=1S/C16H20N2O3/c1-12-4-2-5-13(10-12)11-14(19)17-8-9-18-15(20)6-3-7-16(18)21/h2,4-5,10H,3,6-9,11H2,1H3,(H,17,19). The number of rotatable bonds is 5. The van der Waals surface area contributed by atoms with Gasteiger partial charge in [0.2, 0.25) is 17.7 Å². The lowest BCUT2D eigenvalue weighted by atomic mass is 10.1. The van der Waals surface area contributed by atoms with Crippen LogP contribution in [0.3, 0.4) is 0 Å². The Balaban J connectivity index is 1.76. The molecule has 5 nitrogen and oxygen atoms in total. The van der Waals surface area contributed by atoms with E-state index in [2.05, 4.69) is 5.32 Å². The lowest BCUT2D eigenvalue weighted by Crippen LogP contribution is -2.44. The molecule has 0 aliphatic carbocycles. The van der Waals surface area contributed by atoms with Crippen molar-refractivity contribution in [2.45, 2.75) is 32.6 Å². The number of carbonyl (C=O) groups is 3. The molecule has 1 aromatic rings. The zero-order valence-electron chi connectivity index (χ0n) is 12.2. The highest BCUT2D eigenvalue weighted by atomic mass is 16.2. The third-order valence-corrected chi connectivity index (χ3v) is 3.49. The Morgan fingerprint density at radius 3 is 2.62 bits per heavy atom. The summed E-state index contributed by atoms with van der Waals surface area (Å²) in [5, 5.41) is 2.75. The lowest BCUT2D eigenvalue weighted by Gasteiger charge is -2.24. The lowest BCUT2D eigenvalue weighted by molar-refractivity contribution is -0.148. The third kappa shape index (κ3) is 4.41. The van der Waals surface area contributed by atoms with Crippen LogP contribution in [0.25, 0.3) is 0 Å². The van der Waals surface area contributed by atoms with Crippen LogP contribution in [-0.4, -0.2) is 35.7 Å². The molecule has 1 aliphatic rings. The molecule has 1 N–H and O–H groups in total. The van der Waals surface area contributed by atoms with E-state index < -0.39 is 0 Å². The molecular formula is C16H20N2O3. The summed E-state index contributed by atoms with van der Waals surface area (Å²) in [6.07, 6.45) is 1.78. The van der Waals surface area contributed by atoms with Crippen molar-refractivity contribution in [1.82, 2.24) is 10.2 Å². The monoisotopic (exact) mass is 288 g/mol. The Morgan fingerprint density at radius 2 is 1.95 bits per heavy atom. The Bertz CT molecular complexity index is 538. The van der Waals surface area contributed by atoms with Crippen molar-refractivity contribution < 1.29 is 14.4 Å². The van der Waals surface area contributed by atoms with E-state index in [-0.39, 0.29) is 24.3 Å². The largest absolute Gasteiger partial charge is 0.354 e. The first kappa shape index (κ1) is 15.2. The molecule has 0 atom stereocenters. The molecule has 112 valence electrons. The highest BCUT2D eigenvalue weighted by Gasteiger charge is 2.25. The molecule has 5 heteroatoms. The van der Waals surface area contributed by atoms with Crippen LogP contribution in [0.5, 0.6) is 0 Å². The Morgan fingerprint density at radius 1 is 1.24 bits per heavy atom. The highest BCUT2D eigenvalue weighted by Crippen LogP contribution is 2.11. The van der Waals surface area contributed by atoms with Crippen LogP contribution >= 0.6 is 0 Å². The van der Waals surface area contributed by atoms with Crippen LogP contribution in [-0.2, 0) is 20.8 Å². The number of benzene rings is 1. The second-order valence-electron chi connectivity index (χ2n) is 5.31. The fourth-order valence-electron chi connectivity index (χ4n) is 2.43. The maximum absolute atomic E-state index is 11.8. The number of aryl methyl sites for hydroxylation is 1. The van der Waals surface area contributed by atoms with E-state index in [0.29, 0.717) is 32.2 Å². The van der Waals surface area contributed by atoms with Gasteiger partial charge in [0, 0.05) is 25.9 Å². The van der Waals surface area contributed by atoms with Crippen molar-refractivity contribution in [3.63, 3.8) is 0 Å². The van der Waals surface area contributed by atoms with E-state index in [9.17, 15) is 14.4 Å². The molecule has 2 rings (SSSR count). The van der Waals surface area contributed by atoms with Gasteiger partial charge in [0.05, 0.1) is 6.42 Å². The molecule has 0 saturated carbocycles. The van der Waals surface area contributed by atoms with Crippen LogP contribution < -0.4 is 5.32 Å². The number of amides is 3. The SMILES string of the molecule is Cc1cccc(CC(=O)NCCN2C(=O)CCCC2=O)c1. The number of imide groups is 1. The van der Waals surface area contributed by atoms with Crippen molar-refractivity contribution in [3.8, 4) is 0 Å². The van der Waals surface area contributed by atoms with Gasteiger partial charge in [0.15, 0.2) is 0 Å². The quantitative estimate of drug-likeness (QED) is 0.828.